The standard InChI is InChI=1S/C29H33Cl2N3O5S/c1-4-25(29(36)32-5-2)33(19-22-23(30)15-12-16-24(22)31)28(35)20-34(26-17-10-11-18-27(26)39-6-3)40(37,38)21-13-8-7-9-14-21/h7-18,25H,4-6,19-20H2,1-3H3,(H,32,36). The number of benzene rings is 3. The number of amides is 2. The Balaban J connectivity index is 2.14. The number of rotatable bonds is 13. The first-order valence-corrected chi connectivity index (χ1v) is 15.1. The summed E-state index contributed by atoms with van der Waals surface area (Å²) in [5.74, 6) is -0.678. The Hall–Kier alpha value is -3.27. The lowest BCUT2D eigenvalue weighted by molar-refractivity contribution is -0.140. The van der Waals surface area contributed by atoms with Crippen molar-refractivity contribution in [3.05, 3.63) is 88.4 Å². The summed E-state index contributed by atoms with van der Waals surface area (Å²) in [7, 11) is -4.22. The Morgan fingerprint density at radius 3 is 2.12 bits per heavy atom. The van der Waals surface area contributed by atoms with Gasteiger partial charge in [0.25, 0.3) is 10.0 Å². The molecule has 0 aliphatic carbocycles. The number of nitrogens with zero attached hydrogens (tertiary/aromatic N) is 2. The van der Waals surface area contributed by atoms with Crippen molar-refractivity contribution in [2.24, 2.45) is 0 Å². The van der Waals surface area contributed by atoms with Crippen molar-refractivity contribution in [3.63, 3.8) is 0 Å². The van der Waals surface area contributed by atoms with Gasteiger partial charge in [0.05, 0.1) is 17.2 Å². The minimum Gasteiger partial charge on any atom is -0.492 e. The van der Waals surface area contributed by atoms with E-state index in [0.29, 0.717) is 27.9 Å². The number of likely N-dealkylation sites (N-methyl/N-ethyl adjacent to an activating group) is 1. The molecule has 1 unspecified atom stereocenters. The first kappa shape index (κ1) is 31.3. The van der Waals surface area contributed by atoms with E-state index < -0.39 is 28.5 Å². The van der Waals surface area contributed by atoms with Crippen LogP contribution in [0.1, 0.15) is 32.8 Å². The van der Waals surface area contributed by atoms with Crippen LogP contribution in [0.5, 0.6) is 5.75 Å². The molecule has 11 heteroatoms. The summed E-state index contributed by atoms with van der Waals surface area (Å²) in [4.78, 5) is 28.5. The van der Waals surface area contributed by atoms with Gasteiger partial charge in [0.2, 0.25) is 11.8 Å². The minimum absolute atomic E-state index is 0.00515. The zero-order valence-electron chi connectivity index (χ0n) is 22.6. The third kappa shape index (κ3) is 7.27. The quantitative estimate of drug-likeness (QED) is 0.276. The van der Waals surface area contributed by atoms with Crippen LogP contribution in [0.4, 0.5) is 5.69 Å². The van der Waals surface area contributed by atoms with E-state index in [1.54, 1.807) is 81.4 Å². The van der Waals surface area contributed by atoms with Gasteiger partial charge in [-0.25, -0.2) is 8.42 Å². The number of halogens is 2. The van der Waals surface area contributed by atoms with Crippen LogP contribution in [0, 0.1) is 0 Å². The van der Waals surface area contributed by atoms with Crippen LogP contribution >= 0.6 is 23.2 Å². The summed E-state index contributed by atoms with van der Waals surface area (Å²) >= 11 is 12.9. The van der Waals surface area contributed by atoms with E-state index in [4.69, 9.17) is 27.9 Å². The molecule has 1 N–H and O–H groups in total. The van der Waals surface area contributed by atoms with Gasteiger partial charge < -0.3 is 15.0 Å². The number of carbonyl (C=O) groups excluding carboxylic acids is 2. The number of hydrogen-bond donors (Lipinski definition) is 1. The summed E-state index contributed by atoms with van der Waals surface area (Å²) in [5, 5.41) is 3.41. The maximum absolute atomic E-state index is 14.1. The van der Waals surface area contributed by atoms with Crippen molar-refractivity contribution in [1.29, 1.82) is 0 Å². The smallest absolute Gasteiger partial charge is 0.264 e. The van der Waals surface area contributed by atoms with E-state index in [1.807, 2.05) is 0 Å². The van der Waals surface area contributed by atoms with Crippen molar-refractivity contribution >= 4 is 50.7 Å². The van der Waals surface area contributed by atoms with Gasteiger partial charge in [-0.1, -0.05) is 66.5 Å². The second-order valence-electron chi connectivity index (χ2n) is 8.77. The number of sulfonamides is 1. The van der Waals surface area contributed by atoms with Gasteiger partial charge in [0, 0.05) is 28.7 Å². The Kier molecular flexibility index (Phi) is 11.2. The highest BCUT2D eigenvalue weighted by molar-refractivity contribution is 7.92. The van der Waals surface area contributed by atoms with Crippen molar-refractivity contribution in [3.8, 4) is 5.75 Å². The van der Waals surface area contributed by atoms with Crippen LogP contribution in [-0.2, 0) is 26.2 Å². The lowest BCUT2D eigenvalue weighted by Gasteiger charge is -2.33. The van der Waals surface area contributed by atoms with Gasteiger partial charge in [-0.15, -0.1) is 0 Å². The van der Waals surface area contributed by atoms with E-state index in [0.717, 1.165) is 4.31 Å². The summed E-state index contributed by atoms with van der Waals surface area (Å²) < 4.78 is 34.7. The molecule has 3 aromatic rings. The fourth-order valence-corrected chi connectivity index (χ4v) is 6.20. The number of hydrogen-bond acceptors (Lipinski definition) is 5. The molecule has 1 atom stereocenters. The summed E-state index contributed by atoms with van der Waals surface area (Å²) in [5.41, 5.74) is 0.650. The van der Waals surface area contributed by atoms with Gasteiger partial charge in [0.1, 0.15) is 18.3 Å². The molecule has 0 saturated carbocycles. The first-order chi connectivity index (χ1) is 19.1. The Morgan fingerprint density at radius 2 is 1.52 bits per heavy atom. The highest BCUT2D eigenvalue weighted by Gasteiger charge is 2.35. The first-order valence-electron chi connectivity index (χ1n) is 12.9. The second-order valence-corrected chi connectivity index (χ2v) is 11.4. The third-order valence-electron chi connectivity index (χ3n) is 6.17. The predicted molar refractivity (Wildman–Crippen MR) is 158 cm³/mol. The third-order valence-corrected chi connectivity index (χ3v) is 8.65. The van der Waals surface area contributed by atoms with E-state index >= 15 is 0 Å². The van der Waals surface area contributed by atoms with E-state index in [2.05, 4.69) is 5.32 Å². The number of ether oxygens (including phenoxy) is 1. The zero-order chi connectivity index (χ0) is 29.3. The lowest BCUT2D eigenvalue weighted by atomic mass is 10.1. The van der Waals surface area contributed by atoms with Gasteiger partial charge in [0.15, 0.2) is 0 Å². The molecule has 0 bridgehead atoms. The number of para-hydroxylation sites is 2. The predicted octanol–water partition coefficient (Wildman–Crippen LogP) is 5.53. The molecule has 214 valence electrons. The molecule has 0 spiro atoms. The molecule has 0 saturated heterocycles. The molecule has 2 amide bonds. The molecule has 0 radical (unpaired) electrons. The van der Waals surface area contributed by atoms with E-state index in [9.17, 15) is 18.0 Å². The maximum Gasteiger partial charge on any atom is 0.264 e. The molecular weight excluding hydrogens is 573 g/mol. The fourth-order valence-electron chi connectivity index (χ4n) is 4.24. The molecular formula is C29H33Cl2N3O5S. The summed E-state index contributed by atoms with van der Waals surface area (Å²) in [6.45, 7) is 5.29. The number of carbonyl (C=O) groups is 2. The molecule has 0 heterocycles. The van der Waals surface area contributed by atoms with Crippen molar-refractivity contribution in [2.45, 2.75) is 44.7 Å². The Morgan fingerprint density at radius 1 is 0.900 bits per heavy atom. The molecule has 3 rings (SSSR count). The molecule has 3 aromatic carbocycles. The normalized spacial score (nSPS) is 11.9. The minimum atomic E-state index is -4.22. The number of anilines is 1. The van der Waals surface area contributed by atoms with Crippen LogP contribution < -0.4 is 14.4 Å². The van der Waals surface area contributed by atoms with Crippen molar-refractivity contribution in [2.75, 3.05) is 24.0 Å². The monoisotopic (exact) mass is 605 g/mol. The van der Waals surface area contributed by atoms with Gasteiger partial charge >= 0.3 is 0 Å². The van der Waals surface area contributed by atoms with E-state index in [1.165, 1.54) is 17.0 Å². The van der Waals surface area contributed by atoms with Crippen LogP contribution in [-0.4, -0.2) is 50.9 Å². The second kappa shape index (κ2) is 14.4. The van der Waals surface area contributed by atoms with Crippen LogP contribution in [0.3, 0.4) is 0 Å². The van der Waals surface area contributed by atoms with Crippen LogP contribution in [0.25, 0.3) is 0 Å². The number of nitrogens with one attached hydrogen (secondary N) is 1. The molecule has 8 nitrogen and oxygen atoms in total. The summed E-state index contributed by atoms with van der Waals surface area (Å²) in [6, 6.07) is 18.5. The van der Waals surface area contributed by atoms with Gasteiger partial charge in [-0.2, -0.15) is 0 Å². The SMILES string of the molecule is CCNC(=O)C(CC)N(Cc1c(Cl)cccc1Cl)C(=O)CN(c1ccccc1OCC)S(=O)(=O)c1ccccc1. The van der Waals surface area contributed by atoms with Gasteiger partial charge in [-0.3, -0.25) is 13.9 Å². The zero-order valence-corrected chi connectivity index (χ0v) is 25.0. The van der Waals surface area contributed by atoms with Crippen molar-refractivity contribution in [1.82, 2.24) is 10.2 Å². The van der Waals surface area contributed by atoms with Crippen LogP contribution in [0.2, 0.25) is 10.0 Å². The molecule has 40 heavy (non-hydrogen) atoms. The Labute approximate surface area is 245 Å². The van der Waals surface area contributed by atoms with Gasteiger partial charge in [-0.05, 0) is 56.7 Å². The molecule has 0 aromatic heterocycles. The maximum atomic E-state index is 14.1. The average molecular weight is 607 g/mol. The van der Waals surface area contributed by atoms with E-state index in [-0.39, 0.29) is 36.1 Å². The Bertz CT molecular complexity index is 1400. The largest absolute Gasteiger partial charge is 0.492 e. The van der Waals surface area contributed by atoms with Crippen LogP contribution in [0.15, 0.2) is 77.7 Å². The molecule has 0 aliphatic rings. The summed E-state index contributed by atoms with van der Waals surface area (Å²) in [6.07, 6.45) is 0.278. The highest BCUT2D eigenvalue weighted by Crippen LogP contribution is 2.33. The topological polar surface area (TPSA) is 96.0 Å². The fraction of sp³-hybridized carbons (Fsp3) is 0.310. The van der Waals surface area contributed by atoms with Crippen molar-refractivity contribution < 1.29 is 22.7 Å². The molecule has 0 fully saturated rings. The molecule has 0 aliphatic heterocycles. The lowest BCUT2D eigenvalue weighted by Crippen LogP contribution is -2.52. The highest BCUT2D eigenvalue weighted by atomic mass is 35.5. The average Bonchev–Trinajstić information content (AvgIpc) is 2.94.